The van der Waals surface area contributed by atoms with Crippen LogP contribution in [0.25, 0.3) is 0 Å². The summed E-state index contributed by atoms with van der Waals surface area (Å²) in [4.78, 5) is 16.4. The minimum absolute atomic E-state index is 0.0740. The molecule has 2 rings (SSSR count). The smallest absolute Gasteiger partial charge is 0.289 e. The van der Waals surface area contributed by atoms with Crippen molar-refractivity contribution in [2.24, 2.45) is 0 Å². The molecule has 0 bridgehead atoms. The molecular formula is C13H19ClN4O2. The molecule has 1 aromatic rings. The Morgan fingerprint density at radius 3 is 2.65 bits per heavy atom. The molecule has 1 fully saturated rings. The quantitative estimate of drug-likeness (QED) is 0.683. The highest BCUT2D eigenvalue weighted by Gasteiger charge is 2.23. The third kappa shape index (κ3) is 3.58. The summed E-state index contributed by atoms with van der Waals surface area (Å²) < 4.78 is 0. The molecule has 1 aromatic heterocycles. The number of piperidine rings is 1. The van der Waals surface area contributed by atoms with Crippen LogP contribution in [0, 0.1) is 10.1 Å². The fourth-order valence-electron chi connectivity index (χ4n) is 2.48. The highest BCUT2D eigenvalue weighted by Crippen LogP contribution is 2.29. The van der Waals surface area contributed by atoms with Crippen LogP contribution in [0.4, 0.5) is 11.5 Å². The van der Waals surface area contributed by atoms with Crippen molar-refractivity contribution in [2.75, 3.05) is 18.0 Å². The molecule has 7 heteroatoms. The summed E-state index contributed by atoms with van der Waals surface area (Å²) in [5.74, 6) is 0.639. The number of rotatable bonds is 4. The number of hydrogen-bond acceptors (Lipinski definition) is 5. The van der Waals surface area contributed by atoms with Crippen molar-refractivity contribution in [2.45, 2.75) is 38.8 Å². The van der Waals surface area contributed by atoms with Crippen LogP contribution in [0.5, 0.6) is 0 Å². The van der Waals surface area contributed by atoms with Gasteiger partial charge in [0.25, 0.3) is 5.69 Å². The van der Waals surface area contributed by atoms with E-state index in [1.807, 2.05) is 0 Å². The molecule has 0 atom stereocenters. The second kappa shape index (κ2) is 6.37. The number of nitro groups is 1. The molecule has 1 N–H and O–H groups in total. The maximum absolute atomic E-state index is 10.7. The lowest BCUT2D eigenvalue weighted by molar-refractivity contribution is -0.385. The minimum Gasteiger partial charge on any atom is -0.355 e. The van der Waals surface area contributed by atoms with Gasteiger partial charge >= 0.3 is 0 Å². The van der Waals surface area contributed by atoms with E-state index in [9.17, 15) is 10.1 Å². The van der Waals surface area contributed by atoms with Crippen molar-refractivity contribution in [3.63, 3.8) is 0 Å². The second-order valence-corrected chi connectivity index (χ2v) is 5.75. The number of nitrogens with one attached hydrogen (secondary N) is 1. The Morgan fingerprint density at radius 1 is 1.50 bits per heavy atom. The molecule has 0 aliphatic carbocycles. The second-order valence-electron chi connectivity index (χ2n) is 5.34. The fourth-order valence-corrected chi connectivity index (χ4v) is 2.76. The van der Waals surface area contributed by atoms with Crippen molar-refractivity contribution in [1.82, 2.24) is 10.3 Å². The van der Waals surface area contributed by atoms with Crippen LogP contribution in [-0.2, 0) is 0 Å². The maximum Gasteiger partial charge on any atom is 0.289 e. The number of halogens is 1. The van der Waals surface area contributed by atoms with Crippen LogP contribution in [0.2, 0.25) is 5.02 Å². The zero-order valence-corrected chi connectivity index (χ0v) is 12.4. The van der Waals surface area contributed by atoms with Gasteiger partial charge in [-0.05, 0) is 12.8 Å². The first kappa shape index (κ1) is 15.0. The Labute approximate surface area is 123 Å². The van der Waals surface area contributed by atoms with E-state index in [-0.39, 0.29) is 5.69 Å². The van der Waals surface area contributed by atoms with Crippen LogP contribution >= 0.6 is 11.6 Å². The van der Waals surface area contributed by atoms with E-state index < -0.39 is 4.92 Å². The zero-order valence-electron chi connectivity index (χ0n) is 11.7. The lowest BCUT2D eigenvalue weighted by Crippen LogP contribution is -2.45. The van der Waals surface area contributed by atoms with Gasteiger partial charge < -0.3 is 10.2 Å². The summed E-state index contributed by atoms with van der Waals surface area (Å²) in [7, 11) is 0. The predicted octanol–water partition coefficient (Wildman–Crippen LogP) is 2.61. The van der Waals surface area contributed by atoms with E-state index in [4.69, 9.17) is 11.6 Å². The van der Waals surface area contributed by atoms with E-state index in [0.717, 1.165) is 25.9 Å². The van der Waals surface area contributed by atoms with Gasteiger partial charge in [0.05, 0.1) is 9.95 Å². The zero-order chi connectivity index (χ0) is 14.7. The molecular weight excluding hydrogens is 280 g/mol. The molecule has 1 saturated heterocycles. The van der Waals surface area contributed by atoms with Crippen LogP contribution in [0.3, 0.4) is 0 Å². The molecule has 0 amide bonds. The largest absolute Gasteiger partial charge is 0.355 e. The van der Waals surface area contributed by atoms with E-state index >= 15 is 0 Å². The monoisotopic (exact) mass is 298 g/mol. The van der Waals surface area contributed by atoms with Crippen molar-refractivity contribution >= 4 is 23.1 Å². The molecule has 6 nitrogen and oxygen atoms in total. The van der Waals surface area contributed by atoms with Gasteiger partial charge in [-0.15, -0.1) is 0 Å². The molecule has 0 aromatic carbocycles. The average Bonchev–Trinajstić information content (AvgIpc) is 2.39. The van der Waals surface area contributed by atoms with Gasteiger partial charge in [-0.2, -0.15) is 0 Å². The van der Waals surface area contributed by atoms with E-state index in [2.05, 4.69) is 29.0 Å². The normalized spacial score (nSPS) is 16.7. The number of nitrogens with zero attached hydrogens (tertiary/aromatic N) is 3. The highest BCUT2D eigenvalue weighted by molar-refractivity contribution is 6.33. The van der Waals surface area contributed by atoms with Gasteiger partial charge in [0.1, 0.15) is 12.0 Å². The fraction of sp³-hybridized carbons (Fsp3) is 0.615. The molecule has 0 radical (unpaired) electrons. The van der Waals surface area contributed by atoms with Gasteiger partial charge in [-0.25, -0.2) is 4.98 Å². The predicted molar refractivity (Wildman–Crippen MR) is 79.4 cm³/mol. The molecule has 2 heterocycles. The van der Waals surface area contributed by atoms with Gasteiger partial charge in [0.2, 0.25) is 0 Å². The lowest BCUT2D eigenvalue weighted by Gasteiger charge is -2.34. The van der Waals surface area contributed by atoms with E-state index in [0.29, 0.717) is 22.9 Å². The van der Waals surface area contributed by atoms with E-state index in [1.54, 1.807) is 0 Å². The van der Waals surface area contributed by atoms with Crippen LogP contribution in [0.1, 0.15) is 26.7 Å². The molecule has 0 saturated carbocycles. The third-order valence-corrected chi connectivity index (χ3v) is 3.66. The average molecular weight is 299 g/mol. The number of hydrogen-bond donors (Lipinski definition) is 1. The molecule has 110 valence electrons. The van der Waals surface area contributed by atoms with Gasteiger partial charge in [0, 0.05) is 31.2 Å². The Hall–Kier alpha value is -1.40. The molecule has 1 aliphatic heterocycles. The number of aromatic nitrogens is 1. The van der Waals surface area contributed by atoms with Crippen molar-refractivity contribution in [1.29, 1.82) is 0 Å². The Kier molecular flexibility index (Phi) is 4.77. The van der Waals surface area contributed by atoms with Gasteiger partial charge in [-0.3, -0.25) is 10.1 Å². The lowest BCUT2D eigenvalue weighted by atomic mass is 10.0. The van der Waals surface area contributed by atoms with Crippen molar-refractivity contribution in [3.8, 4) is 0 Å². The summed E-state index contributed by atoms with van der Waals surface area (Å²) in [5.41, 5.74) is -0.0740. The Balaban J connectivity index is 2.02. The summed E-state index contributed by atoms with van der Waals surface area (Å²) in [6, 6.07) is 2.36. The number of anilines is 1. The third-order valence-electron chi connectivity index (χ3n) is 3.38. The molecule has 0 unspecified atom stereocenters. The maximum atomic E-state index is 10.7. The number of pyridine rings is 1. The highest BCUT2D eigenvalue weighted by atomic mass is 35.5. The van der Waals surface area contributed by atoms with Crippen LogP contribution < -0.4 is 10.2 Å². The molecule has 1 aliphatic rings. The minimum atomic E-state index is -0.485. The standard InChI is InChI=1S/C13H19ClN4O2/c1-9(2)16-10-3-5-17(6-4-10)13-12(14)7-11(8-15-13)18(19)20/h7-10,16H,3-6H2,1-2H3. The summed E-state index contributed by atoms with van der Waals surface area (Å²) in [5, 5.41) is 14.5. The summed E-state index contributed by atoms with van der Waals surface area (Å²) in [6.07, 6.45) is 3.31. The SMILES string of the molecule is CC(C)NC1CCN(c2ncc([N+](=O)[O-])cc2Cl)CC1. The van der Waals surface area contributed by atoms with E-state index in [1.165, 1.54) is 12.3 Å². The Morgan fingerprint density at radius 2 is 2.15 bits per heavy atom. The van der Waals surface area contributed by atoms with Crippen molar-refractivity contribution in [3.05, 3.63) is 27.4 Å². The molecule has 20 heavy (non-hydrogen) atoms. The first-order valence-corrected chi connectivity index (χ1v) is 7.16. The summed E-state index contributed by atoms with van der Waals surface area (Å²) >= 11 is 6.10. The van der Waals surface area contributed by atoms with Gasteiger partial charge in [0.15, 0.2) is 0 Å². The topological polar surface area (TPSA) is 71.3 Å². The first-order valence-electron chi connectivity index (χ1n) is 6.78. The van der Waals surface area contributed by atoms with Crippen molar-refractivity contribution < 1.29 is 4.92 Å². The first-order chi connectivity index (χ1) is 9.47. The van der Waals surface area contributed by atoms with Gasteiger partial charge in [-0.1, -0.05) is 25.4 Å². The van der Waals surface area contributed by atoms with Crippen LogP contribution in [0.15, 0.2) is 12.3 Å². The summed E-state index contributed by atoms with van der Waals surface area (Å²) in [6.45, 7) is 5.99. The van der Waals surface area contributed by atoms with Crippen LogP contribution in [-0.4, -0.2) is 35.1 Å². The molecule has 0 spiro atoms. The Bertz CT molecular complexity index is 487.